The molecule has 0 aromatic carbocycles. The molecule has 1 aliphatic carbocycles. The fourth-order valence-electron chi connectivity index (χ4n) is 2.40. The van der Waals surface area contributed by atoms with Crippen molar-refractivity contribution in [3.8, 4) is 0 Å². The number of nitrogens with two attached hydrogens (primary N) is 1. The molecule has 88 valence electrons. The molecule has 1 heterocycles. The first-order chi connectivity index (χ1) is 7.29. The molecule has 2 atom stereocenters. The van der Waals surface area contributed by atoms with Gasteiger partial charge in [0.05, 0.1) is 0 Å². The minimum absolute atomic E-state index is 0.387. The third-order valence-corrected chi connectivity index (χ3v) is 3.76. The van der Waals surface area contributed by atoms with E-state index in [1.807, 2.05) is 0 Å². The quantitative estimate of drug-likeness (QED) is 0.687. The van der Waals surface area contributed by atoms with Gasteiger partial charge in [0.15, 0.2) is 0 Å². The van der Waals surface area contributed by atoms with E-state index in [0.29, 0.717) is 6.04 Å². The first-order valence-corrected chi connectivity index (χ1v) is 6.52. The van der Waals surface area contributed by atoms with Gasteiger partial charge < -0.3 is 11.1 Å². The van der Waals surface area contributed by atoms with E-state index in [0.717, 1.165) is 31.5 Å². The van der Waals surface area contributed by atoms with Crippen molar-refractivity contribution in [1.82, 2.24) is 10.2 Å². The molecule has 3 heteroatoms. The van der Waals surface area contributed by atoms with Crippen LogP contribution in [0.15, 0.2) is 0 Å². The zero-order chi connectivity index (χ0) is 10.7. The average Bonchev–Trinajstić information content (AvgIpc) is 2.99. The van der Waals surface area contributed by atoms with Crippen LogP contribution in [0, 0.1) is 0 Å². The summed E-state index contributed by atoms with van der Waals surface area (Å²) in [7, 11) is 0. The fourth-order valence-corrected chi connectivity index (χ4v) is 2.40. The maximum absolute atomic E-state index is 5.89. The van der Waals surface area contributed by atoms with Crippen LogP contribution in [0.3, 0.4) is 0 Å². The third-order valence-electron chi connectivity index (χ3n) is 3.76. The smallest absolute Gasteiger partial charge is 0.0207 e. The highest BCUT2D eigenvalue weighted by Crippen LogP contribution is 2.29. The highest BCUT2D eigenvalue weighted by atomic mass is 15.2. The first-order valence-electron chi connectivity index (χ1n) is 6.52. The van der Waals surface area contributed by atoms with Gasteiger partial charge in [0.1, 0.15) is 0 Å². The van der Waals surface area contributed by atoms with Gasteiger partial charge in [-0.25, -0.2) is 0 Å². The van der Waals surface area contributed by atoms with Crippen LogP contribution >= 0.6 is 0 Å². The topological polar surface area (TPSA) is 41.3 Å². The van der Waals surface area contributed by atoms with Crippen molar-refractivity contribution >= 4 is 0 Å². The molecular formula is C12H25N3. The molecule has 1 saturated heterocycles. The Morgan fingerprint density at radius 1 is 1.40 bits per heavy atom. The molecule has 1 saturated carbocycles. The van der Waals surface area contributed by atoms with Crippen molar-refractivity contribution in [3.63, 3.8) is 0 Å². The number of nitrogens with zero attached hydrogens (tertiary/aromatic N) is 1. The van der Waals surface area contributed by atoms with Crippen LogP contribution in [0.4, 0.5) is 0 Å². The Labute approximate surface area is 93.4 Å². The summed E-state index contributed by atoms with van der Waals surface area (Å²) in [4.78, 5) is 2.65. The SMILES string of the molecule is CCC(N)CCNC1CCN(C2CC2)C1. The largest absolute Gasteiger partial charge is 0.328 e. The van der Waals surface area contributed by atoms with Gasteiger partial charge in [-0.15, -0.1) is 0 Å². The molecule has 0 spiro atoms. The van der Waals surface area contributed by atoms with Crippen molar-refractivity contribution in [2.45, 2.75) is 57.2 Å². The highest BCUT2D eigenvalue weighted by Gasteiger charge is 2.33. The number of hydrogen-bond donors (Lipinski definition) is 2. The molecule has 1 aliphatic heterocycles. The molecular weight excluding hydrogens is 186 g/mol. The summed E-state index contributed by atoms with van der Waals surface area (Å²) in [6, 6.07) is 2.06. The molecule has 0 aromatic rings. The molecule has 0 radical (unpaired) electrons. The number of nitrogens with one attached hydrogen (secondary N) is 1. The van der Waals surface area contributed by atoms with Crippen LogP contribution in [0.2, 0.25) is 0 Å². The molecule has 15 heavy (non-hydrogen) atoms. The van der Waals surface area contributed by atoms with E-state index in [9.17, 15) is 0 Å². The van der Waals surface area contributed by atoms with Crippen molar-refractivity contribution < 1.29 is 0 Å². The second-order valence-corrected chi connectivity index (χ2v) is 5.12. The molecule has 3 nitrogen and oxygen atoms in total. The second kappa shape index (κ2) is 5.28. The van der Waals surface area contributed by atoms with Crippen molar-refractivity contribution in [2.24, 2.45) is 5.73 Å². The molecule has 2 unspecified atom stereocenters. The third kappa shape index (κ3) is 3.44. The van der Waals surface area contributed by atoms with Crippen LogP contribution in [0.5, 0.6) is 0 Å². The monoisotopic (exact) mass is 211 g/mol. The number of rotatable bonds is 6. The van der Waals surface area contributed by atoms with Crippen LogP contribution in [0.25, 0.3) is 0 Å². The molecule has 0 bridgehead atoms. The summed E-state index contributed by atoms with van der Waals surface area (Å²) in [6.07, 6.45) is 6.43. The van der Waals surface area contributed by atoms with E-state index in [-0.39, 0.29) is 0 Å². The molecule has 2 aliphatic rings. The van der Waals surface area contributed by atoms with Gasteiger partial charge in [-0.2, -0.15) is 0 Å². The first kappa shape index (κ1) is 11.4. The van der Waals surface area contributed by atoms with Crippen LogP contribution in [-0.2, 0) is 0 Å². The Morgan fingerprint density at radius 2 is 2.20 bits per heavy atom. The standard InChI is InChI=1S/C12H25N3/c1-2-10(13)5-7-14-11-6-8-15(9-11)12-3-4-12/h10-12,14H,2-9,13H2,1H3. The molecule has 2 rings (SSSR count). The van der Waals surface area contributed by atoms with Gasteiger partial charge >= 0.3 is 0 Å². The fraction of sp³-hybridized carbons (Fsp3) is 1.00. The Morgan fingerprint density at radius 3 is 2.87 bits per heavy atom. The van der Waals surface area contributed by atoms with Gasteiger partial charge in [-0.3, -0.25) is 4.90 Å². The van der Waals surface area contributed by atoms with Gasteiger partial charge in [0.2, 0.25) is 0 Å². The van der Waals surface area contributed by atoms with Gasteiger partial charge in [0.25, 0.3) is 0 Å². The van der Waals surface area contributed by atoms with Gasteiger partial charge in [-0.1, -0.05) is 6.92 Å². The normalized spacial score (nSPS) is 29.6. The van der Waals surface area contributed by atoms with Gasteiger partial charge in [-0.05, 0) is 38.6 Å². The Balaban J connectivity index is 1.56. The summed E-state index contributed by atoms with van der Waals surface area (Å²) >= 11 is 0. The summed E-state index contributed by atoms with van der Waals surface area (Å²) in [5.74, 6) is 0. The molecule has 3 N–H and O–H groups in total. The van der Waals surface area contributed by atoms with E-state index in [1.54, 1.807) is 0 Å². The highest BCUT2D eigenvalue weighted by molar-refractivity contribution is 4.91. The predicted octanol–water partition coefficient (Wildman–Crippen LogP) is 0.940. The lowest BCUT2D eigenvalue weighted by Gasteiger charge is -2.16. The minimum atomic E-state index is 0.387. The number of likely N-dealkylation sites (tertiary alicyclic amines) is 1. The van der Waals surface area contributed by atoms with Crippen LogP contribution in [0.1, 0.15) is 39.0 Å². The molecule has 2 fully saturated rings. The lowest BCUT2D eigenvalue weighted by Crippen LogP contribution is -2.36. The summed E-state index contributed by atoms with van der Waals surface area (Å²) in [5.41, 5.74) is 5.89. The second-order valence-electron chi connectivity index (χ2n) is 5.12. The Kier molecular flexibility index (Phi) is 4.00. The van der Waals surface area contributed by atoms with E-state index in [1.165, 1.54) is 32.4 Å². The van der Waals surface area contributed by atoms with Crippen LogP contribution in [-0.4, -0.2) is 42.7 Å². The van der Waals surface area contributed by atoms with Crippen molar-refractivity contribution in [1.29, 1.82) is 0 Å². The van der Waals surface area contributed by atoms with E-state index < -0.39 is 0 Å². The van der Waals surface area contributed by atoms with Crippen LogP contribution < -0.4 is 11.1 Å². The predicted molar refractivity (Wildman–Crippen MR) is 63.9 cm³/mol. The van der Waals surface area contributed by atoms with E-state index in [2.05, 4.69) is 17.1 Å². The minimum Gasteiger partial charge on any atom is -0.328 e. The Hall–Kier alpha value is -0.120. The average molecular weight is 211 g/mol. The maximum Gasteiger partial charge on any atom is 0.0207 e. The summed E-state index contributed by atoms with van der Waals surface area (Å²) < 4.78 is 0. The lowest BCUT2D eigenvalue weighted by atomic mass is 10.1. The van der Waals surface area contributed by atoms with Gasteiger partial charge in [0, 0.05) is 31.2 Å². The van der Waals surface area contributed by atoms with E-state index >= 15 is 0 Å². The zero-order valence-corrected chi connectivity index (χ0v) is 9.91. The number of hydrogen-bond acceptors (Lipinski definition) is 3. The van der Waals surface area contributed by atoms with Crippen molar-refractivity contribution in [2.75, 3.05) is 19.6 Å². The zero-order valence-electron chi connectivity index (χ0n) is 9.91. The lowest BCUT2D eigenvalue weighted by molar-refractivity contribution is 0.317. The molecule has 0 aromatic heterocycles. The Bertz CT molecular complexity index is 191. The molecule has 0 amide bonds. The van der Waals surface area contributed by atoms with E-state index in [4.69, 9.17) is 5.73 Å². The maximum atomic E-state index is 5.89. The van der Waals surface area contributed by atoms with Crippen molar-refractivity contribution in [3.05, 3.63) is 0 Å². The summed E-state index contributed by atoms with van der Waals surface area (Å²) in [5, 5.41) is 3.64. The summed E-state index contributed by atoms with van der Waals surface area (Å²) in [6.45, 7) is 5.83.